The van der Waals surface area contributed by atoms with Gasteiger partial charge >= 0.3 is 0 Å². The minimum absolute atomic E-state index is 0.116. The van der Waals surface area contributed by atoms with E-state index in [9.17, 15) is 4.79 Å². The zero-order valence-electron chi connectivity index (χ0n) is 10.1. The topological polar surface area (TPSA) is 67.8 Å². The highest BCUT2D eigenvalue weighted by atomic mass is 32.1. The van der Waals surface area contributed by atoms with Crippen LogP contribution < -0.4 is 5.32 Å². The molecule has 0 bridgehead atoms. The largest absolute Gasteiger partial charge is 0.300 e. The predicted octanol–water partition coefficient (Wildman–Crippen LogP) is 2.64. The summed E-state index contributed by atoms with van der Waals surface area (Å²) in [7, 11) is 0. The Morgan fingerprint density at radius 1 is 1.26 bits per heavy atom. The highest BCUT2D eigenvalue weighted by Crippen LogP contribution is 2.22. The van der Waals surface area contributed by atoms with Gasteiger partial charge in [-0.2, -0.15) is 0 Å². The van der Waals surface area contributed by atoms with Gasteiger partial charge in [0.2, 0.25) is 11.0 Å². The number of benzene rings is 1. The van der Waals surface area contributed by atoms with E-state index in [0.29, 0.717) is 5.13 Å². The second-order valence-corrected chi connectivity index (χ2v) is 6.22. The molecular formula is C12H10N4OS2. The van der Waals surface area contributed by atoms with Gasteiger partial charge in [-0.15, -0.1) is 21.5 Å². The first-order chi connectivity index (χ1) is 9.20. The number of para-hydroxylation sites is 1. The quantitative estimate of drug-likeness (QED) is 0.805. The third-order valence-electron chi connectivity index (χ3n) is 2.42. The lowest BCUT2D eigenvalue weighted by Crippen LogP contribution is -2.14. The van der Waals surface area contributed by atoms with E-state index >= 15 is 0 Å². The summed E-state index contributed by atoms with van der Waals surface area (Å²) in [6, 6.07) is 7.86. The van der Waals surface area contributed by atoms with Crippen LogP contribution in [0.5, 0.6) is 0 Å². The number of aromatic nitrogens is 3. The molecule has 2 aromatic heterocycles. The van der Waals surface area contributed by atoms with Crippen molar-refractivity contribution in [1.82, 2.24) is 15.2 Å². The minimum atomic E-state index is -0.116. The molecule has 7 heteroatoms. The van der Waals surface area contributed by atoms with Crippen molar-refractivity contribution in [2.45, 2.75) is 13.3 Å². The van der Waals surface area contributed by atoms with E-state index in [-0.39, 0.29) is 12.3 Å². The monoisotopic (exact) mass is 290 g/mol. The van der Waals surface area contributed by atoms with Crippen molar-refractivity contribution < 1.29 is 4.79 Å². The maximum atomic E-state index is 11.9. The maximum absolute atomic E-state index is 11.9. The van der Waals surface area contributed by atoms with Crippen LogP contribution in [0.15, 0.2) is 24.3 Å². The summed E-state index contributed by atoms with van der Waals surface area (Å²) in [5.41, 5.74) is 0.932. The molecule has 2 heterocycles. The molecule has 0 spiro atoms. The van der Waals surface area contributed by atoms with Gasteiger partial charge in [0.15, 0.2) is 0 Å². The van der Waals surface area contributed by atoms with Crippen molar-refractivity contribution in [3.05, 3.63) is 34.3 Å². The van der Waals surface area contributed by atoms with Crippen LogP contribution in [0.1, 0.15) is 10.0 Å². The van der Waals surface area contributed by atoms with Gasteiger partial charge < -0.3 is 5.32 Å². The van der Waals surface area contributed by atoms with Gasteiger partial charge in [-0.1, -0.05) is 23.5 Å². The molecule has 0 saturated heterocycles. The van der Waals surface area contributed by atoms with Crippen LogP contribution in [-0.2, 0) is 11.2 Å². The number of nitrogens with one attached hydrogen (secondary N) is 1. The third kappa shape index (κ3) is 2.77. The average molecular weight is 290 g/mol. The molecule has 0 aliphatic carbocycles. The molecule has 0 radical (unpaired) electrons. The zero-order chi connectivity index (χ0) is 13.2. The number of carbonyl (C=O) groups excluding carboxylic acids is 1. The summed E-state index contributed by atoms with van der Waals surface area (Å²) in [4.78, 5) is 16.3. The first-order valence-corrected chi connectivity index (χ1v) is 7.28. The SMILES string of the molecule is Cc1nnc(NC(=O)Cc2nc3ccccc3s2)s1. The Labute approximate surface area is 117 Å². The molecule has 5 nitrogen and oxygen atoms in total. The fourth-order valence-corrected chi connectivity index (χ4v) is 3.22. The number of anilines is 1. The standard InChI is InChI=1S/C12H10N4OS2/c1-7-15-16-12(18-7)14-10(17)6-11-13-8-4-2-3-5-9(8)19-11/h2-5H,6H2,1H3,(H,14,16,17). The number of rotatable bonds is 3. The Balaban J connectivity index is 1.72. The second-order valence-electron chi connectivity index (χ2n) is 3.93. The lowest BCUT2D eigenvalue weighted by Gasteiger charge is -1.97. The van der Waals surface area contributed by atoms with E-state index in [1.165, 1.54) is 22.7 Å². The number of nitrogens with zero attached hydrogens (tertiary/aromatic N) is 3. The molecule has 19 heavy (non-hydrogen) atoms. The van der Waals surface area contributed by atoms with Crippen LogP contribution in [0.4, 0.5) is 5.13 Å². The number of carbonyl (C=O) groups is 1. The van der Waals surface area contributed by atoms with Gasteiger partial charge in [-0.05, 0) is 19.1 Å². The summed E-state index contributed by atoms with van der Waals surface area (Å²) < 4.78 is 1.09. The Morgan fingerprint density at radius 2 is 2.11 bits per heavy atom. The predicted molar refractivity (Wildman–Crippen MR) is 76.6 cm³/mol. The Bertz CT molecular complexity index is 701. The summed E-state index contributed by atoms with van der Waals surface area (Å²) in [6.45, 7) is 1.85. The van der Waals surface area contributed by atoms with Gasteiger partial charge in [0.1, 0.15) is 10.0 Å². The number of amides is 1. The average Bonchev–Trinajstić information content (AvgIpc) is 2.94. The molecule has 0 fully saturated rings. The van der Waals surface area contributed by atoms with E-state index in [4.69, 9.17) is 0 Å². The van der Waals surface area contributed by atoms with Crippen LogP contribution >= 0.6 is 22.7 Å². The summed E-state index contributed by atoms with van der Waals surface area (Å²) in [5, 5.41) is 12.6. The van der Waals surface area contributed by atoms with Gasteiger partial charge in [-0.25, -0.2) is 4.98 Å². The molecule has 1 N–H and O–H groups in total. The van der Waals surface area contributed by atoms with E-state index < -0.39 is 0 Å². The summed E-state index contributed by atoms with van der Waals surface area (Å²) in [5.74, 6) is -0.116. The number of hydrogen-bond donors (Lipinski definition) is 1. The van der Waals surface area contributed by atoms with Gasteiger partial charge in [0.25, 0.3) is 0 Å². The molecule has 0 aliphatic rings. The van der Waals surface area contributed by atoms with E-state index in [1.807, 2.05) is 31.2 Å². The normalized spacial score (nSPS) is 10.8. The van der Waals surface area contributed by atoms with E-state index in [2.05, 4.69) is 20.5 Å². The Morgan fingerprint density at radius 3 is 2.84 bits per heavy atom. The fourth-order valence-electron chi connectivity index (χ4n) is 1.64. The molecule has 3 rings (SSSR count). The van der Waals surface area contributed by atoms with E-state index in [0.717, 1.165) is 20.2 Å². The molecule has 0 aliphatic heterocycles. The minimum Gasteiger partial charge on any atom is -0.300 e. The summed E-state index contributed by atoms with van der Waals surface area (Å²) in [6.07, 6.45) is 0.262. The van der Waals surface area contributed by atoms with Crippen LogP contribution in [-0.4, -0.2) is 21.1 Å². The van der Waals surface area contributed by atoms with Gasteiger partial charge in [0.05, 0.1) is 16.6 Å². The van der Waals surface area contributed by atoms with Crippen LogP contribution in [0.3, 0.4) is 0 Å². The molecule has 0 atom stereocenters. The Hall–Kier alpha value is -1.86. The molecule has 0 unspecified atom stereocenters. The fraction of sp³-hybridized carbons (Fsp3) is 0.167. The second kappa shape index (κ2) is 5.02. The maximum Gasteiger partial charge on any atom is 0.233 e. The van der Waals surface area contributed by atoms with Crippen LogP contribution in [0, 0.1) is 6.92 Å². The number of hydrogen-bond acceptors (Lipinski definition) is 6. The highest BCUT2D eigenvalue weighted by Gasteiger charge is 2.10. The first kappa shape index (κ1) is 12.2. The van der Waals surface area contributed by atoms with E-state index in [1.54, 1.807) is 0 Å². The van der Waals surface area contributed by atoms with Crippen LogP contribution in [0.2, 0.25) is 0 Å². The Kier molecular flexibility index (Phi) is 3.22. The first-order valence-electron chi connectivity index (χ1n) is 5.65. The molecular weight excluding hydrogens is 280 g/mol. The molecule has 3 aromatic rings. The lowest BCUT2D eigenvalue weighted by molar-refractivity contribution is -0.115. The van der Waals surface area contributed by atoms with Crippen molar-refractivity contribution in [3.8, 4) is 0 Å². The van der Waals surface area contributed by atoms with Crippen molar-refractivity contribution >= 4 is 43.9 Å². The number of thiazole rings is 1. The highest BCUT2D eigenvalue weighted by molar-refractivity contribution is 7.18. The van der Waals surface area contributed by atoms with Crippen molar-refractivity contribution in [1.29, 1.82) is 0 Å². The molecule has 0 saturated carbocycles. The molecule has 1 aromatic carbocycles. The zero-order valence-corrected chi connectivity index (χ0v) is 11.7. The van der Waals surface area contributed by atoms with Gasteiger partial charge in [-0.3, -0.25) is 4.79 Å². The number of fused-ring (bicyclic) bond motifs is 1. The lowest BCUT2D eigenvalue weighted by atomic mass is 10.3. The van der Waals surface area contributed by atoms with Crippen LogP contribution in [0.25, 0.3) is 10.2 Å². The van der Waals surface area contributed by atoms with Gasteiger partial charge in [0, 0.05) is 0 Å². The van der Waals surface area contributed by atoms with Crippen molar-refractivity contribution in [2.24, 2.45) is 0 Å². The van der Waals surface area contributed by atoms with Crippen molar-refractivity contribution in [3.63, 3.8) is 0 Å². The summed E-state index contributed by atoms with van der Waals surface area (Å²) >= 11 is 2.90. The molecule has 1 amide bonds. The third-order valence-corrected chi connectivity index (χ3v) is 4.21. The smallest absolute Gasteiger partial charge is 0.233 e. The molecule has 96 valence electrons. The van der Waals surface area contributed by atoms with Crippen molar-refractivity contribution in [2.75, 3.05) is 5.32 Å². The number of aryl methyl sites for hydroxylation is 1.